The van der Waals surface area contributed by atoms with Crippen molar-refractivity contribution in [1.82, 2.24) is 4.31 Å². The summed E-state index contributed by atoms with van der Waals surface area (Å²) in [6.07, 6.45) is 1.47. The number of benzene rings is 1. The molecule has 1 atom stereocenters. The van der Waals surface area contributed by atoms with Crippen LogP contribution < -0.4 is 20.5 Å². The molecule has 0 bridgehead atoms. The second-order valence-corrected chi connectivity index (χ2v) is 8.34. The maximum absolute atomic E-state index is 13.1. The highest BCUT2D eigenvalue weighted by molar-refractivity contribution is 7.89. The molecule has 0 aromatic heterocycles. The van der Waals surface area contributed by atoms with E-state index in [4.69, 9.17) is 15.2 Å². The molecule has 1 aromatic rings. The number of hydrogen-bond acceptors (Lipinski definition) is 6. The van der Waals surface area contributed by atoms with E-state index >= 15 is 0 Å². The maximum Gasteiger partial charge on any atom is 0.262 e. The summed E-state index contributed by atoms with van der Waals surface area (Å²) >= 11 is 0. The van der Waals surface area contributed by atoms with Crippen molar-refractivity contribution in [3.63, 3.8) is 0 Å². The Morgan fingerprint density at radius 3 is 2.64 bits per heavy atom. The number of hydrogen-bond donors (Lipinski definition) is 2. The molecule has 0 saturated carbocycles. The topological polar surface area (TPSA) is 111 Å². The van der Waals surface area contributed by atoms with Crippen LogP contribution in [-0.4, -0.2) is 51.5 Å². The van der Waals surface area contributed by atoms with Gasteiger partial charge >= 0.3 is 0 Å². The minimum Gasteiger partial charge on any atom is -0.495 e. The summed E-state index contributed by atoms with van der Waals surface area (Å²) in [5, 5.41) is 2.64. The standard InChI is InChI=1S/C16H23N3O5S/c1-10(17)11-3-5-19(6-4-11)25(21,22)15-8-13-12(7-14(15)23-2)18-16(20)9-24-13/h7-8,10-11H,3-6,9,17H2,1-2H3,(H,18,20). The van der Waals surface area contributed by atoms with Gasteiger partial charge in [0.2, 0.25) is 10.0 Å². The molecular formula is C16H23N3O5S. The van der Waals surface area contributed by atoms with Crippen LogP contribution in [0.25, 0.3) is 0 Å². The lowest BCUT2D eigenvalue weighted by atomic mass is 9.92. The third kappa shape index (κ3) is 3.44. The monoisotopic (exact) mass is 369 g/mol. The van der Waals surface area contributed by atoms with Gasteiger partial charge in [-0.25, -0.2) is 8.42 Å². The van der Waals surface area contributed by atoms with E-state index in [1.54, 1.807) is 0 Å². The zero-order chi connectivity index (χ0) is 18.2. The van der Waals surface area contributed by atoms with E-state index in [1.165, 1.54) is 23.5 Å². The van der Waals surface area contributed by atoms with Gasteiger partial charge in [-0.3, -0.25) is 4.79 Å². The maximum atomic E-state index is 13.1. The lowest BCUT2D eigenvalue weighted by Gasteiger charge is -2.33. The molecule has 1 saturated heterocycles. The van der Waals surface area contributed by atoms with Crippen molar-refractivity contribution in [3.05, 3.63) is 12.1 Å². The van der Waals surface area contributed by atoms with E-state index in [1.807, 2.05) is 6.92 Å². The minimum atomic E-state index is -3.73. The van der Waals surface area contributed by atoms with E-state index in [-0.39, 0.29) is 29.2 Å². The number of nitrogens with two attached hydrogens (primary N) is 1. The Bertz CT molecular complexity index is 770. The zero-order valence-corrected chi connectivity index (χ0v) is 15.1. The van der Waals surface area contributed by atoms with Crippen LogP contribution in [-0.2, 0) is 14.8 Å². The Morgan fingerprint density at radius 2 is 2.04 bits per heavy atom. The summed E-state index contributed by atoms with van der Waals surface area (Å²) in [5.41, 5.74) is 6.33. The second-order valence-electron chi connectivity index (χ2n) is 6.44. The van der Waals surface area contributed by atoms with Crippen LogP contribution in [0.3, 0.4) is 0 Å². The molecule has 2 heterocycles. The normalized spacial score (nSPS) is 20.4. The number of fused-ring (bicyclic) bond motifs is 1. The number of methoxy groups -OCH3 is 1. The molecule has 2 aliphatic rings. The third-order valence-electron chi connectivity index (χ3n) is 4.76. The predicted octanol–water partition coefficient (Wildman–Crippen LogP) is 0.774. The first-order valence-electron chi connectivity index (χ1n) is 8.23. The summed E-state index contributed by atoms with van der Waals surface area (Å²) in [4.78, 5) is 11.5. The molecular weight excluding hydrogens is 346 g/mol. The van der Waals surface area contributed by atoms with Gasteiger partial charge in [-0.05, 0) is 25.7 Å². The Balaban J connectivity index is 1.91. The summed E-state index contributed by atoms with van der Waals surface area (Å²) in [6, 6.07) is 2.95. The van der Waals surface area contributed by atoms with Gasteiger partial charge < -0.3 is 20.5 Å². The van der Waals surface area contributed by atoms with Gasteiger partial charge in [0.05, 0.1) is 12.8 Å². The van der Waals surface area contributed by atoms with Gasteiger partial charge in [-0.15, -0.1) is 0 Å². The molecule has 0 spiro atoms. The molecule has 3 rings (SSSR count). The molecule has 0 radical (unpaired) electrons. The van der Waals surface area contributed by atoms with Gasteiger partial charge in [0.15, 0.2) is 6.61 Å². The Kier molecular flexibility index (Phi) is 4.90. The van der Waals surface area contributed by atoms with Crippen molar-refractivity contribution in [2.24, 2.45) is 11.7 Å². The van der Waals surface area contributed by atoms with Crippen LogP contribution in [0.15, 0.2) is 17.0 Å². The van der Waals surface area contributed by atoms with Gasteiger partial charge in [-0.2, -0.15) is 4.31 Å². The molecule has 1 unspecified atom stereocenters. The highest BCUT2D eigenvalue weighted by Gasteiger charge is 2.34. The Labute approximate surface area is 147 Å². The average molecular weight is 369 g/mol. The fourth-order valence-corrected chi connectivity index (χ4v) is 4.85. The number of nitrogens with one attached hydrogen (secondary N) is 1. The summed E-state index contributed by atoms with van der Waals surface area (Å²) in [5.74, 6) is 0.543. The van der Waals surface area contributed by atoms with Gasteiger partial charge in [0.1, 0.15) is 16.4 Å². The number of sulfonamides is 1. The second kappa shape index (κ2) is 6.81. The molecule has 1 aromatic carbocycles. The number of piperidine rings is 1. The SMILES string of the molecule is COc1cc2c(cc1S(=O)(=O)N1CCC(C(C)N)CC1)OCC(=O)N2. The van der Waals surface area contributed by atoms with E-state index in [9.17, 15) is 13.2 Å². The van der Waals surface area contributed by atoms with Crippen molar-refractivity contribution >= 4 is 21.6 Å². The molecule has 0 aliphatic carbocycles. The lowest BCUT2D eigenvalue weighted by Crippen LogP contribution is -2.42. The largest absolute Gasteiger partial charge is 0.495 e. The minimum absolute atomic E-state index is 0.0455. The van der Waals surface area contributed by atoms with Gasteiger partial charge in [0, 0.05) is 31.3 Å². The summed E-state index contributed by atoms with van der Waals surface area (Å²) in [6.45, 7) is 2.66. The fraction of sp³-hybridized carbons (Fsp3) is 0.562. The molecule has 25 heavy (non-hydrogen) atoms. The van der Waals surface area contributed by atoms with Crippen molar-refractivity contribution in [3.8, 4) is 11.5 Å². The summed E-state index contributed by atoms with van der Waals surface area (Å²) < 4.78 is 38.2. The molecule has 3 N–H and O–H groups in total. The van der Waals surface area contributed by atoms with Crippen LogP contribution in [0.5, 0.6) is 11.5 Å². The van der Waals surface area contributed by atoms with Crippen molar-refractivity contribution in [2.45, 2.75) is 30.7 Å². The molecule has 138 valence electrons. The number of amides is 1. The fourth-order valence-electron chi connectivity index (χ4n) is 3.23. The highest BCUT2D eigenvalue weighted by atomic mass is 32.2. The first kappa shape index (κ1) is 18.0. The number of anilines is 1. The number of nitrogens with zero attached hydrogens (tertiary/aromatic N) is 1. The van der Waals surface area contributed by atoms with Crippen molar-refractivity contribution in [2.75, 3.05) is 32.1 Å². The number of carbonyl (C=O) groups excluding carboxylic acids is 1. The number of ether oxygens (including phenoxy) is 2. The number of carbonyl (C=O) groups is 1. The molecule has 8 nitrogen and oxygen atoms in total. The molecule has 1 fully saturated rings. The average Bonchev–Trinajstić information content (AvgIpc) is 2.60. The third-order valence-corrected chi connectivity index (χ3v) is 6.68. The Hall–Kier alpha value is -1.84. The van der Waals surface area contributed by atoms with Crippen LogP contribution in [0.1, 0.15) is 19.8 Å². The quantitative estimate of drug-likeness (QED) is 0.811. The van der Waals surface area contributed by atoms with E-state index in [2.05, 4.69) is 5.32 Å². The number of rotatable bonds is 4. The van der Waals surface area contributed by atoms with E-state index in [0.29, 0.717) is 30.4 Å². The summed E-state index contributed by atoms with van der Waals surface area (Å²) in [7, 11) is -2.33. The van der Waals surface area contributed by atoms with Crippen LogP contribution >= 0.6 is 0 Å². The first-order valence-corrected chi connectivity index (χ1v) is 9.67. The van der Waals surface area contributed by atoms with E-state index < -0.39 is 10.0 Å². The Morgan fingerprint density at radius 1 is 1.36 bits per heavy atom. The predicted molar refractivity (Wildman–Crippen MR) is 92.3 cm³/mol. The van der Waals surface area contributed by atoms with Crippen LogP contribution in [0, 0.1) is 5.92 Å². The van der Waals surface area contributed by atoms with Crippen LogP contribution in [0.4, 0.5) is 5.69 Å². The van der Waals surface area contributed by atoms with Crippen molar-refractivity contribution < 1.29 is 22.7 Å². The molecule has 1 amide bonds. The highest BCUT2D eigenvalue weighted by Crippen LogP contribution is 2.39. The first-order chi connectivity index (χ1) is 11.8. The zero-order valence-electron chi connectivity index (χ0n) is 14.3. The van der Waals surface area contributed by atoms with Crippen LogP contribution in [0.2, 0.25) is 0 Å². The lowest BCUT2D eigenvalue weighted by molar-refractivity contribution is -0.118. The van der Waals surface area contributed by atoms with E-state index in [0.717, 1.165) is 12.8 Å². The molecule has 9 heteroatoms. The molecule has 2 aliphatic heterocycles. The smallest absolute Gasteiger partial charge is 0.262 e. The van der Waals surface area contributed by atoms with Gasteiger partial charge in [-0.1, -0.05) is 0 Å². The van der Waals surface area contributed by atoms with Crippen molar-refractivity contribution in [1.29, 1.82) is 0 Å². The van der Waals surface area contributed by atoms with Gasteiger partial charge in [0.25, 0.3) is 5.91 Å².